The van der Waals surface area contributed by atoms with Crippen molar-refractivity contribution in [2.45, 2.75) is 32.7 Å². The monoisotopic (exact) mass is 345 g/mol. The van der Waals surface area contributed by atoms with Gasteiger partial charge in [0.2, 0.25) is 0 Å². The molecule has 2 heterocycles. The van der Waals surface area contributed by atoms with Gasteiger partial charge in [-0.3, -0.25) is 4.79 Å². The first-order valence-electron chi connectivity index (χ1n) is 8.33. The lowest BCUT2D eigenvalue weighted by atomic mass is 10.0. The summed E-state index contributed by atoms with van der Waals surface area (Å²) < 4.78 is 19.1. The van der Waals surface area contributed by atoms with Gasteiger partial charge in [0, 0.05) is 19.0 Å². The van der Waals surface area contributed by atoms with E-state index in [1.807, 2.05) is 6.92 Å². The third-order valence-corrected chi connectivity index (χ3v) is 4.58. The van der Waals surface area contributed by atoms with Gasteiger partial charge in [0.05, 0.1) is 6.04 Å². The summed E-state index contributed by atoms with van der Waals surface area (Å²) in [5, 5.41) is 9.23. The highest BCUT2D eigenvalue weighted by Crippen LogP contribution is 2.37. The zero-order valence-corrected chi connectivity index (χ0v) is 14.2. The Morgan fingerprint density at radius 2 is 2.12 bits per heavy atom. The number of carbonyl (C=O) groups is 2. The lowest BCUT2D eigenvalue weighted by Crippen LogP contribution is -2.30. The molecule has 1 aromatic carbocycles. The maximum absolute atomic E-state index is 13.6. The molecule has 0 radical (unpaired) electrons. The smallest absolute Gasteiger partial charge is 0.339 e. The van der Waals surface area contributed by atoms with Crippen molar-refractivity contribution in [3.63, 3.8) is 0 Å². The number of carbonyl (C=O) groups excluding carboxylic acids is 1. The second kappa shape index (κ2) is 6.70. The molecule has 1 amide bonds. The lowest BCUT2D eigenvalue weighted by Gasteiger charge is -2.24. The maximum atomic E-state index is 13.6. The number of benzene rings is 1. The molecule has 1 fully saturated rings. The Kier molecular flexibility index (Phi) is 4.61. The van der Waals surface area contributed by atoms with Crippen molar-refractivity contribution in [1.82, 2.24) is 4.90 Å². The van der Waals surface area contributed by atoms with Gasteiger partial charge in [-0.05, 0) is 30.0 Å². The highest BCUT2D eigenvalue weighted by atomic mass is 19.1. The molecule has 2 aromatic rings. The normalized spacial score (nSPS) is 20.0. The molecule has 2 unspecified atom stereocenters. The Bertz CT molecular complexity index is 814. The lowest BCUT2D eigenvalue weighted by molar-refractivity contribution is 0.0685. The van der Waals surface area contributed by atoms with Crippen LogP contribution in [0.3, 0.4) is 0 Å². The van der Waals surface area contributed by atoms with Gasteiger partial charge in [-0.1, -0.05) is 26.0 Å². The van der Waals surface area contributed by atoms with E-state index in [4.69, 9.17) is 4.42 Å². The third-order valence-electron chi connectivity index (χ3n) is 4.58. The number of rotatable bonds is 4. The van der Waals surface area contributed by atoms with Crippen molar-refractivity contribution >= 4 is 11.9 Å². The number of nitrogens with zero attached hydrogens (tertiary/aromatic N) is 1. The molecular formula is C19H20FNO4. The molecule has 0 aliphatic carbocycles. The van der Waals surface area contributed by atoms with Crippen LogP contribution in [-0.2, 0) is 6.42 Å². The number of carboxylic acids is 1. The van der Waals surface area contributed by atoms with Crippen molar-refractivity contribution in [1.29, 1.82) is 0 Å². The minimum absolute atomic E-state index is 0.0143. The largest absolute Gasteiger partial charge is 0.478 e. The predicted molar refractivity (Wildman–Crippen MR) is 89.0 cm³/mol. The highest BCUT2D eigenvalue weighted by molar-refractivity contribution is 5.96. The number of furan rings is 1. The molecule has 25 heavy (non-hydrogen) atoms. The summed E-state index contributed by atoms with van der Waals surface area (Å²) in [6.45, 7) is 4.32. The number of aryl methyl sites for hydroxylation is 1. The van der Waals surface area contributed by atoms with E-state index < -0.39 is 5.97 Å². The van der Waals surface area contributed by atoms with Gasteiger partial charge in [0.15, 0.2) is 5.76 Å². The number of halogens is 1. The van der Waals surface area contributed by atoms with Gasteiger partial charge in [-0.25, -0.2) is 9.18 Å². The van der Waals surface area contributed by atoms with Gasteiger partial charge in [-0.15, -0.1) is 0 Å². The van der Waals surface area contributed by atoms with Gasteiger partial charge in [-0.2, -0.15) is 0 Å². The fraction of sp³-hybridized carbons (Fsp3) is 0.368. The molecule has 0 spiro atoms. The SMILES string of the molecule is CCc1oc(C(=O)N2CC(C)CC2c2cccc(F)c2)cc1C(=O)O. The van der Waals surface area contributed by atoms with E-state index >= 15 is 0 Å². The molecule has 2 atom stereocenters. The average Bonchev–Trinajstić information content (AvgIpc) is 3.18. The van der Waals surface area contributed by atoms with E-state index in [1.54, 1.807) is 24.0 Å². The van der Waals surface area contributed by atoms with E-state index in [0.717, 1.165) is 12.0 Å². The predicted octanol–water partition coefficient (Wildman–Crippen LogP) is 3.90. The summed E-state index contributed by atoms with van der Waals surface area (Å²) in [6, 6.07) is 7.27. The van der Waals surface area contributed by atoms with E-state index in [2.05, 4.69) is 0 Å². The molecule has 1 aliphatic rings. The second-order valence-electron chi connectivity index (χ2n) is 6.48. The number of hydrogen-bond acceptors (Lipinski definition) is 3. The summed E-state index contributed by atoms with van der Waals surface area (Å²) in [6.07, 6.45) is 1.11. The summed E-state index contributed by atoms with van der Waals surface area (Å²) in [7, 11) is 0. The third kappa shape index (κ3) is 3.29. The molecule has 5 nitrogen and oxygen atoms in total. The van der Waals surface area contributed by atoms with Gasteiger partial charge in [0.25, 0.3) is 5.91 Å². The van der Waals surface area contributed by atoms with Crippen molar-refractivity contribution in [2.75, 3.05) is 6.54 Å². The molecule has 3 rings (SSSR count). The Morgan fingerprint density at radius 3 is 2.72 bits per heavy atom. The van der Waals surface area contributed by atoms with E-state index in [-0.39, 0.29) is 40.8 Å². The first kappa shape index (κ1) is 17.2. The molecule has 1 aromatic heterocycles. The minimum Gasteiger partial charge on any atom is -0.478 e. The van der Waals surface area contributed by atoms with Crippen LogP contribution in [-0.4, -0.2) is 28.4 Å². The van der Waals surface area contributed by atoms with Crippen molar-refractivity contribution < 1.29 is 23.5 Å². The second-order valence-corrected chi connectivity index (χ2v) is 6.48. The molecule has 0 bridgehead atoms. The molecule has 1 aliphatic heterocycles. The maximum Gasteiger partial charge on any atom is 0.339 e. The summed E-state index contributed by atoms with van der Waals surface area (Å²) >= 11 is 0. The van der Waals surface area contributed by atoms with Crippen LogP contribution in [0.1, 0.15) is 58.5 Å². The van der Waals surface area contributed by atoms with Crippen LogP contribution in [0.25, 0.3) is 0 Å². The number of amides is 1. The van der Waals surface area contributed by atoms with E-state index in [1.165, 1.54) is 18.2 Å². The fourth-order valence-corrected chi connectivity index (χ4v) is 3.42. The summed E-state index contributed by atoms with van der Waals surface area (Å²) in [4.78, 5) is 25.8. The van der Waals surface area contributed by atoms with Gasteiger partial charge >= 0.3 is 5.97 Å². The zero-order valence-electron chi connectivity index (χ0n) is 14.2. The molecule has 132 valence electrons. The quantitative estimate of drug-likeness (QED) is 0.912. The van der Waals surface area contributed by atoms with Crippen LogP contribution in [0.5, 0.6) is 0 Å². The summed E-state index contributed by atoms with van der Waals surface area (Å²) in [5.41, 5.74) is 0.749. The van der Waals surface area contributed by atoms with Crippen LogP contribution < -0.4 is 0 Å². The Balaban J connectivity index is 1.93. The standard InChI is InChI=1S/C19H20FNO4/c1-3-16-14(19(23)24)9-17(25-16)18(22)21-10-11(2)7-15(21)12-5-4-6-13(20)8-12/h4-6,8-9,11,15H,3,7,10H2,1-2H3,(H,23,24). The fourth-order valence-electron chi connectivity index (χ4n) is 3.42. The Morgan fingerprint density at radius 1 is 1.36 bits per heavy atom. The molecule has 1 N–H and O–H groups in total. The van der Waals surface area contributed by atoms with Crippen LogP contribution in [0.4, 0.5) is 4.39 Å². The Labute approximate surface area is 145 Å². The number of hydrogen-bond donors (Lipinski definition) is 1. The Hall–Kier alpha value is -2.63. The van der Waals surface area contributed by atoms with E-state index in [0.29, 0.717) is 13.0 Å². The number of aromatic carboxylic acids is 1. The first-order valence-corrected chi connectivity index (χ1v) is 8.33. The number of carboxylic acid groups (broad SMARTS) is 1. The minimum atomic E-state index is -1.11. The molecule has 1 saturated heterocycles. The highest BCUT2D eigenvalue weighted by Gasteiger charge is 2.36. The molecule has 0 saturated carbocycles. The van der Waals surface area contributed by atoms with Crippen LogP contribution in [0.2, 0.25) is 0 Å². The van der Waals surface area contributed by atoms with E-state index in [9.17, 15) is 19.1 Å². The molecular weight excluding hydrogens is 325 g/mol. The average molecular weight is 345 g/mol. The van der Waals surface area contributed by atoms with Crippen molar-refractivity contribution in [2.24, 2.45) is 5.92 Å². The van der Waals surface area contributed by atoms with Crippen molar-refractivity contribution in [3.05, 3.63) is 58.8 Å². The zero-order chi connectivity index (χ0) is 18.1. The number of likely N-dealkylation sites (tertiary alicyclic amines) is 1. The first-order chi connectivity index (χ1) is 11.9. The van der Waals surface area contributed by atoms with Crippen LogP contribution in [0.15, 0.2) is 34.7 Å². The topological polar surface area (TPSA) is 70.8 Å². The molecule has 6 heteroatoms. The van der Waals surface area contributed by atoms with Crippen molar-refractivity contribution in [3.8, 4) is 0 Å². The van der Waals surface area contributed by atoms with Crippen LogP contribution >= 0.6 is 0 Å². The van der Waals surface area contributed by atoms with Gasteiger partial charge < -0.3 is 14.4 Å². The summed E-state index contributed by atoms with van der Waals surface area (Å²) in [5.74, 6) is -1.26. The van der Waals surface area contributed by atoms with Crippen LogP contribution in [0, 0.1) is 11.7 Å². The van der Waals surface area contributed by atoms with Gasteiger partial charge in [0.1, 0.15) is 17.1 Å².